The summed E-state index contributed by atoms with van der Waals surface area (Å²) in [5.41, 5.74) is 6.28. The lowest BCUT2D eigenvalue weighted by molar-refractivity contribution is 0.234. The number of nitrogens with one attached hydrogen (secondary N) is 1. The highest BCUT2D eigenvalue weighted by molar-refractivity contribution is 5.74. The number of hydrogen-bond acceptors (Lipinski definition) is 6. The lowest BCUT2D eigenvalue weighted by atomic mass is 10.2. The van der Waals surface area contributed by atoms with Crippen LogP contribution in [0, 0.1) is 17.1 Å². The van der Waals surface area contributed by atoms with E-state index < -0.39 is 5.82 Å². The molecular weight excluding hydrogens is 273 g/mol. The molecule has 0 saturated heterocycles. The number of anilines is 3. The van der Waals surface area contributed by atoms with Crippen molar-refractivity contribution < 1.29 is 9.13 Å². The Kier molecular flexibility index (Phi) is 4.18. The van der Waals surface area contributed by atoms with Crippen LogP contribution < -0.4 is 15.8 Å². The third-order valence-electron chi connectivity index (χ3n) is 2.57. The van der Waals surface area contributed by atoms with Gasteiger partial charge in [-0.2, -0.15) is 10.2 Å². The van der Waals surface area contributed by atoms with Gasteiger partial charge in [0.15, 0.2) is 5.82 Å². The molecule has 0 aliphatic rings. The van der Waals surface area contributed by atoms with Crippen LogP contribution in [0.25, 0.3) is 0 Å². The fourth-order valence-electron chi connectivity index (χ4n) is 1.67. The molecule has 0 amide bonds. The van der Waals surface area contributed by atoms with E-state index in [9.17, 15) is 4.39 Å². The average Bonchev–Trinajstić information content (AvgIpc) is 2.43. The first-order chi connectivity index (χ1) is 10.0. The second-order valence-electron chi connectivity index (χ2n) is 4.51. The number of benzene rings is 1. The Morgan fingerprint density at radius 1 is 1.38 bits per heavy atom. The van der Waals surface area contributed by atoms with E-state index in [1.54, 1.807) is 12.1 Å². The van der Waals surface area contributed by atoms with E-state index in [0.29, 0.717) is 0 Å². The molecule has 1 aromatic heterocycles. The second-order valence-corrected chi connectivity index (χ2v) is 4.51. The number of aromatic nitrogens is 2. The monoisotopic (exact) mass is 287 g/mol. The highest BCUT2D eigenvalue weighted by Gasteiger charge is 2.14. The van der Waals surface area contributed by atoms with Crippen molar-refractivity contribution in [1.82, 2.24) is 9.97 Å². The molecule has 7 heteroatoms. The Bertz CT molecular complexity index is 696. The first-order valence-corrected chi connectivity index (χ1v) is 6.25. The molecule has 3 N–H and O–H groups in total. The Labute approximate surface area is 121 Å². The van der Waals surface area contributed by atoms with Crippen LogP contribution in [0.1, 0.15) is 19.4 Å². The van der Waals surface area contributed by atoms with Crippen LogP contribution in [0.4, 0.5) is 21.6 Å². The Morgan fingerprint density at radius 2 is 2.14 bits per heavy atom. The number of ether oxygens (including phenoxy) is 1. The van der Waals surface area contributed by atoms with E-state index in [2.05, 4.69) is 15.3 Å². The fraction of sp³-hybridized carbons (Fsp3) is 0.214. The Balaban J connectivity index is 2.37. The van der Waals surface area contributed by atoms with E-state index in [1.165, 1.54) is 18.5 Å². The molecule has 108 valence electrons. The first kappa shape index (κ1) is 14.5. The fourth-order valence-corrected chi connectivity index (χ4v) is 1.67. The lowest BCUT2D eigenvalue weighted by Crippen LogP contribution is -2.11. The lowest BCUT2D eigenvalue weighted by Gasteiger charge is -2.14. The summed E-state index contributed by atoms with van der Waals surface area (Å²) in [6.07, 6.45) is 1.18. The summed E-state index contributed by atoms with van der Waals surface area (Å²) < 4.78 is 19.0. The summed E-state index contributed by atoms with van der Waals surface area (Å²) >= 11 is 0. The van der Waals surface area contributed by atoms with Crippen molar-refractivity contribution in [3.8, 4) is 11.9 Å². The van der Waals surface area contributed by atoms with Crippen molar-refractivity contribution >= 4 is 17.2 Å². The van der Waals surface area contributed by atoms with Crippen molar-refractivity contribution in [1.29, 1.82) is 5.26 Å². The van der Waals surface area contributed by atoms with Gasteiger partial charge in [0.25, 0.3) is 0 Å². The van der Waals surface area contributed by atoms with Gasteiger partial charge in [-0.25, -0.2) is 9.37 Å². The van der Waals surface area contributed by atoms with Gasteiger partial charge in [0.2, 0.25) is 5.88 Å². The highest BCUT2D eigenvalue weighted by Crippen LogP contribution is 2.29. The van der Waals surface area contributed by atoms with Crippen LogP contribution in [0.15, 0.2) is 24.5 Å². The summed E-state index contributed by atoms with van der Waals surface area (Å²) in [7, 11) is 0. The van der Waals surface area contributed by atoms with Crippen molar-refractivity contribution in [2.75, 3.05) is 11.1 Å². The summed E-state index contributed by atoms with van der Waals surface area (Å²) in [6.45, 7) is 3.68. The number of nitrogen functional groups attached to an aromatic ring is 1. The minimum Gasteiger partial charge on any atom is -0.473 e. The van der Waals surface area contributed by atoms with E-state index >= 15 is 0 Å². The minimum atomic E-state index is -0.617. The number of nitrogens with zero attached hydrogens (tertiary/aromatic N) is 3. The number of halogens is 1. The van der Waals surface area contributed by atoms with E-state index in [-0.39, 0.29) is 34.7 Å². The van der Waals surface area contributed by atoms with Crippen LogP contribution in [0.2, 0.25) is 0 Å². The molecule has 0 spiro atoms. The standard InChI is InChI=1S/C14H14FN5O/c1-8(2)21-14-12(17)13(18-7-19-14)20-11-5-3-4-10(15)9(11)6-16/h3-5,7-8H,17H2,1-2H3,(H,18,19,20). The molecule has 1 heterocycles. The topological polar surface area (TPSA) is 96.9 Å². The van der Waals surface area contributed by atoms with Crippen LogP contribution in [-0.2, 0) is 0 Å². The van der Waals surface area contributed by atoms with Crippen LogP contribution in [0.5, 0.6) is 5.88 Å². The predicted octanol–water partition coefficient (Wildman–Crippen LogP) is 2.60. The van der Waals surface area contributed by atoms with Gasteiger partial charge >= 0.3 is 0 Å². The zero-order chi connectivity index (χ0) is 15.4. The molecule has 0 aliphatic carbocycles. The van der Waals surface area contributed by atoms with Gasteiger partial charge in [0.1, 0.15) is 29.5 Å². The first-order valence-electron chi connectivity index (χ1n) is 6.25. The number of nitrogens with two attached hydrogens (primary N) is 1. The van der Waals surface area contributed by atoms with Crippen LogP contribution >= 0.6 is 0 Å². The number of nitriles is 1. The average molecular weight is 287 g/mol. The molecule has 0 bridgehead atoms. The van der Waals surface area contributed by atoms with Crippen molar-refractivity contribution in [3.63, 3.8) is 0 Å². The van der Waals surface area contributed by atoms with E-state index in [0.717, 1.165) is 0 Å². The third kappa shape index (κ3) is 3.17. The molecule has 0 fully saturated rings. The summed E-state index contributed by atoms with van der Waals surface area (Å²) in [6, 6.07) is 6.06. The maximum absolute atomic E-state index is 13.6. The summed E-state index contributed by atoms with van der Waals surface area (Å²) in [5, 5.41) is 11.8. The highest BCUT2D eigenvalue weighted by atomic mass is 19.1. The molecule has 1 aromatic carbocycles. The summed E-state index contributed by atoms with van der Waals surface area (Å²) in [4.78, 5) is 7.93. The largest absolute Gasteiger partial charge is 0.473 e. The molecule has 0 atom stereocenters. The Morgan fingerprint density at radius 3 is 2.81 bits per heavy atom. The van der Waals surface area contributed by atoms with Crippen LogP contribution in [-0.4, -0.2) is 16.1 Å². The molecule has 0 aliphatic heterocycles. The molecule has 2 aromatic rings. The van der Waals surface area contributed by atoms with Gasteiger partial charge in [-0.15, -0.1) is 0 Å². The smallest absolute Gasteiger partial charge is 0.242 e. The number of hydrogen-bond donors (Lipinski definition) is 2. The summed E-state index contributed by atoms with van der Waals surface area (Å²) in [5.74, 6) is -0.131. The molecule has 2 rings (SSSR count). The Hall–Kier alpha value is -2.88. The minimum absolute atomic E-state index is 0.0983. The molecule has 0 saturated carbocycles. The van der Waals surface area contributed by atoms with Gasteiger partial charge < -0.3 is 15.8 Å². The van der Waals surface area contributed by atoms with E-state index in [4.69, 9.17) is 15.7 Å². The van der Waals surface area contributed by atoms with E-state index in [1.807, 2.05) is 13.8 Å². The molecule has 0 radical (unpaired) electrons. The van der Waals surface area contributed by atoms with Gasteiger partial charge in [-0.05, 0) is 26.0 Å². The van der Waals surface area contributed by atoms with Crippen molar-refractivity contribution in [2.24, 2.45) is 0 Å². The molecule has 21 heavy (non-hydrogen) atoms. The van der Waals surface area contributed by atoms with Gasteiger partial charge in [-0.3, -0.25) is 0 Å². The molecule has 0 unspecified atom stereocenters. The zero-order valence-electron chi connectivity index (χ0n) is 11.6. The quantitative estimate of drug-likeness (QED) is 0.897. The third-order valence-corrected chi connectivity index (χ3v) is 2.57. The van der Waals surface area contributed by atoms with Gasteiger partial charge in [0, 0.05) is 0 Å². The van der Waals surface area contributed by atoms with Crippen LogP contribution in [0.3, 0.4) is 0 Å². The maximum Gasteiger partial charge on any atom is 0.242 e. The van der Waals surface area contributed by atoms with Gasteiger partial charge in [0.05, 0.1) is 11.8 Å². The number of rotatable bonds is 4. The second kappa shape index (κ2) is 6.05. The van der Waals surface area contributed by atoms with Gasteiger partial charge in [-0.1, -0.05) is 6.07 Å². The molecule has 6 nitrogen and oxygen atoms in total. The normalized spacial score (nSPS) is 10.2. The van der Waals surface area contributed by atoms with Crippen molar-refractivity contribution in [3.05, 3.63) is 35.9 Å². The SMILES string of the molecule is CC(C)Oc1ncnc(Nc2cccc(F)c2C#N)c1N. The zero-order valence-corrected chi connectivity index (χ0v) is 11.6. The van der Waals surface area contributed by atoms with Crippen molar-refractivity contribution in [2.45, 2.75) is 20.0 Å². The maximum atomic E-state index is 13.6. The molecular formula is C14H14FN5O. The predicted molar refractivity (Wildman–Crippen MR) is 76.6 cm³/mol.